The fourth-order valence-electron chi connectivity index (χ4n) is 2.15. The van der Waals surface area contributed by atoms with Gasteiger partial charge in [-0.2, -0.15) is 0 Å². The summed E-state index contributed by atoms with van der Waals surface area (Å²) in [7, 11) is 0. The lowest BCUT2D eigenvalue weighted by Crippen LogP contribution is -1.90. The Morgan fingerprint density at radius 1 is 1.13 bits per heavy atom. The van der Waals surface area contributed by atoms with Gasteiger partial charge in [0.15, 0.2) is 5.82 Å². The molecule has 0 spiro atoms. The first-order valence-corrected chi connectivity index (χ1v) is 6.74. The molecule has 0 bridgehead atoms. The monoisotopic (exact) mass is 314 g/mol. The normalized spacial score (nSPS) is 10.0. The quantitative estimate of drug-likeness (QED) is 0.241. The Kier molecular flexibility index (Phi) is 4.93. The molecular formula is C18H15FO4. The molecule has 0 aromatic heterocycles. The molecule has 2 N–H and O–H groups in total. The first-order chi connectivity index (χ1) is 11.0. The van der Waals surface area contributed by atoms with Crippen LogP contribution in [0.5, 0.6) is 11.5 Å². The number of aldehydes is 1. The maximum atomic E-state index is 13.9. The number of rotatable bonds is 2. The molecule has 3 aromatic rings. The Hall–Kier alpha value is -2.92. The number of hydrogen-bond acceptors (Lipinski definition) is 4. The fraction of sp³-hybridized carbons (Fsp3) is 0.0556. The standard InChI is InChI=1S/C14H9FO3.C4H6O/c15-14-12-3-1-8-7-9(16)2-4-10(8)11(12)5-6-13(14)18-17;1-4(2)3-5/h1-7,16-17H;3H,1H2,2H3. The van der Waals surface area contributed by atoms with Crippen LogP contribution in [0.3, 0.4) is 0 Å². The number of benzene rings is 3. The van der Waals surface area contributed by atoms with Gasteiger partial charge in [-0.3, -0.25) is 4.79 Å². The van der Waals surface area contributed by atoms with Crippen LogP contribution in [0.1, 0.15) is 6.92 Å². The van der Waals surface area contributed by atoms with E-state index in [2.05, 4.69) is 11.5 Å². The van der Waals surface area contributed by atoms with Gasteiger partial charge in [-0.15, -0.1) is 0 Å². The molecule has 0 amide bonds. The van der Waals surface area contributed by atoms with Crippen molar-refractivity contribution in [1.82, 2.24) is 0 Å². The third kappa shape index (κ3) is 3.46. The fourth-order valence-corrected chi connectivity index (χ4v) is 2.15. The molecule has 5 heteroatoms. The van der Waals surface area contributed by atoms with E-state index in [1.807, 2.05) is 0 Å². The lowest BCUT2D eigenvalue weighted by atomic mass is 10.0. The minimum atomic E-state index is -0.607. The molecule has 3 aromatic carbocycles. The van der Waals surface area contributed by atoms with Gasteiger partial charge in [0.2, 0.25) is 5.75 Å². The summed E-state index contributed by atoms with van der Waals surface area (Å²) < 4.78 is 13.9. The number of fused-ring (bicyclic) bond motifs is 3. The number of hydrogen-bond donors (Lipinski definition) is 2. The molecule has 23 heavy (non-hydrogen) atoms. The SMILES string of the molecule is C=C(C)C=O.OOc1ccc2c(ccc3cc(O)ccc32)c1F. The third-order valence-corrected chi connectivity index (χ3v) is 3.20. The van der Waals surface area contributed by atoms with Crippen LogP contribution in [-0.2, 0) is 4.79 Å². The lowest BCUT2D eigenvalue weighted by Gasteiger charge is -2.07. The van der Waals surface area contributed by atoms with Gasteiger partial charge < -0.3 is 9.99 Å². The summed E-state index contributed by atoms with van der Waals surface area (Å²) in [6, 6.07) is 11.2. The molecule has 0 aliphatic rings. The molecular weight excluding hydrogens is 299 g/mol. The smallest absolute Gasteiger partial charge is 0.201 e. The number of allylic oxidation sites excluding steroid dienone is 1. The van der Waals surface area contributed by atoms with E-state index in [4.69, 9.17) is 5.26 Å². The molecule has 0 radical (unpaired) electrons. The van der Waals surface area contributed by atoms with Crippen molar-refractivity contribution in [3.05, 3.63) is 60.4 Å². The number of phenolic OH excluding ortho intramolecular Hbond substituents is 1. The summed E-state index contributed by atoms with van der Waals surface area (Å²) in [5.41, 5.74) is 0.574. The first-order valence-electron chi connectivity index (χ1n) is 6.74. The number of phenols is 1. The Morgan fingerprint density at radius 2 is 1.74 bits per heavy atom. The highest BCUT2D eigenvalue weighted by Gasteiger charge is 2.10. The average Bonchev–Trinajstić information content (AvgIpc) is 2.55. The second kappa shape index (κ2) is 6.89. The molecule has 0 heterocycles. The van der Waals surface area contributed by atoms with Crippen LogP contribution in [0.25, 0.3) is 21.5 Å². The van der Waals surface area contributed by atoms with Crippen LogP contribution in [0.4, 0.5) is 4.39 Å². The van der Waals surface area contributed by atoms with Gasteiger partial charge in [-0.1, -0.05) is 24.8 Å². The summed E-state index contributed by atoms with van der Waals surface area (Å²) >= 11 is 0. The summed E-state index contributed by atoms with van der Waals surface area (Å²) in [6.07, 6.45) is 0.722. The van der Waals surface area contributed by atoms with E-state index in [0.717, 1.165) is 17.1 Å². The predicted molar refractivity (Wildman–Crippen MR) is 87.2 cm³/mol. The third-order valence-electron chi connectivity index (χ3n) is 3.20. The second-order valence-electron chi connectivity index (χ2n) is 5.00. The van der Waals surface area contributed by atoms with Crippen molar-refractivity contribution < 1.29 is 24.4 Å². The van der Waals surface area contributed by atoms with E-state index in [1.165, 1.54) is 6.07 Å². The minimum absolute atomic E-state index is 0.164. The highest BCUT2D eigenvalue weighted by atomic mass is 19.1. The molecule has 0 unspecified atom stereocenters. The van der Waals surface area contributed by atoms with Gasteiger partial charge >= 0.3 is 0 Å². The van der Waals surface area contributed by atoms with Crippen LogP contribution < -0.4 is 4.89 Å². The molecule has 4 nitrogen and oxygen atoms in total. The van der Waals surface area contributed by atoms with Gasteiger partial charge in [-0.25, -0.2) is 9.65 Å². The van der Waals surface area contributed by atoms with Crippen molar-refractivity contribution >= 4 is 27.8 Å². The Morgan fingerprint density at radius 3 is 2.35 bits per heavy atom. The largest absolute Gasteiger partial charge is 0.508 e. The summed E-state index contributed by atoms with van der Waals surface area (Å²) in [5.74, 6) is -0.650. The molecule has 0 fully saturated rings. The summed E-state index contributed by atoms with van der Waals surface area (Å²) in [6.45, 7) is 4.97. The van der Waals surface area contributed by atoms with Gasteiger partial charge in [0.25, 0.3) is 0 Å². The van der Waals surface area contributed by atoms with Crippen molar-refractivity contribution in [3.63, 3.8) is 0 Å². The molecule has 118 valence electrons. The summed E-state index contributed by atoms with van der Waals surface area (Å²) in [5, 5.41) is 20.7. The van der Waals surface area contributed by atoms with E-state index in [1.54, 1.807) is 43.3 Å². The molecule has 0 atom stereocenters. The molecule has 0 saturated carbocycles. The van der Waals surface area contributed by atoms with E-state index in [-0.39, 0.29) is 11.5 Å². The van der Waals surface area contributed by atoms with Crippen LogP contribution in [0, 0.1) is 5.82 Å². The van der Waals surface area contributed by atoms with Crippen molar-refractivity contribution in [2.45, 2.75) is 6.92 Å². The summed E-state index contributed by atoms with van der Waals surface area (Å²) in [4.78, 5) is 13.4. The predicted octanol–water partition coefficient (Wildman–Crippen LogP) is 4.45. The Bertz CT molecular complexity index is 887. The Labute approximate surface area is 132 Å². The van der Waals surface area contributed by atoms with Crippen molar-refractivity contribution in [2.75, 3.05) is 0 Å². The van der Waals surface area contributed by atoms with E-state index >= 15 is 0 Å². The maximum Gasteiger partial charge on any atom is 0.201 e. The van der Waals surface area contributed by atoms with Crippen molar-refractivity contribution in [3.8, 4) is 11.5 Å². The van der Waals surface area contributed by atoms with E-state index < -0.39 is 5.82 Å². The zero-order valence-corrected chi connectivity index (χ0v) is 12.4. The molecule has 0 aliphatic carbocycles. The maximum absolute atomic E-state index is 13.9. The van der Waals surface area contributed by atoms with Crippen LogP contribution in [-0.4, -0.2) is 16.6 Å². The highest BCUT2D eigenvalue weighted by Crippen LogP contribution is 2.32. The van der Waals surface area contributed by atoms with Gasteiger partial charge in [0.05, 0.1) is 0 Å². The number of carbonyl (C=O) groups excluding carboxylic acids is 1. The van der Waals surface area contributed by atoms with Crippen LogP contribution in [0.15, 0.2) is 54.6 Å². The Balaban J connectivity index is 0.000000338. The van der Waals surface area contributed by atoms with Crippen LogP contribution in [0.2, 0.25) is 0 Å². The number of halogens is 1. The van der Waals surface area contributed by atoms with E-state index in [9.17, 15) is 14.3 Å². The molecule has 0 saturated heterocycles. The lowest BCUT2D eigenvalue weighted by molar-refractivity contribution is -0.140. The first kappa shape index (κ1) is 16.5. The second-order valence-corrected chi connectivity index (χ2v) is 5.00. The average molecular weight is 314 g/mol. The molecule has 0 aliphatic heterocycles. The minimum Gasteiger partial charge on any atom is -0.508 e. The topological polar surface area (TPSA) is 66.8 Å². The van der Waals surface area contributed by atoms with Gasteiger partial charge in [-0.05, 0) is 52.9 Å². The zero-order chi connectivity index (χ0) is 17.0. The van der Waals surface area contributed by atoms with Crippen molar-refractivity contribution in [1.29, 1.82) is 0 Å². The van der Waals surface area contributed by atoms with Crippen molar-refractivity contribution in [2.24, 2.45) is 0 Å². The van der Waals surface area contributed by atoms with E-state index in [0.29, 0.717) is 16.3 Å². The number of aromatic hydroxyl groups is 1. The van der Waals surface area contributed by atoms with Crippen LogP contribution >= 0.6 is 0 Å². The van der Waals surface area contributed by atoms with Gasteiger partial charge in [0.1, 0.15) is 12.0 Å². The highest BCUT2D eigenvalue weighted by molar-refractivity contribution is 6.08. The zero-order valence-electron chi connectivity index (χ0n) is 12.4. The van der Waals surface area contributed by atoms with Gasteiger partial charge in [0, 0.05) is 5.39 Å². The number of carbonyl (C=O) groups is 1. The molecule has 3 rings (SSSR count).